The second-order valence-electron chi connectivity index (χ2n) is 8.45. The van der Waals surface area contributed by atoms with Gasteiger partial charge in [-0.25, -0.2) is 4.79 Å². The topological polar surface area (TPSA) is 95.9 Å². The smallest absolute Gasteiger partial charge is 0.328 e. The standard InChI is InChI=1S/C25H38N2O5/c1-3-5-6-7-8-9-12-23(29)27-17-10-11-22(27)24(30)26-21(25(31)32-4-2)18-19-13-15-20(28)16-14-19/h13-16,21-22,28H,3-12,17-18H2,1-2H3,(H,26,30)/t21-,22-/m0/s1. The number of aromatic hydroxyl groups is 1. The summed E-state index contributed by atoms with van der Waals surface area (Å²) in [6.07, 6.45) is 8.75. The maximum absolute atomic E-state index is 13.0. The molecule has 1 aliphatic heterocycles. The molecule has 1 saturated heterocycles. The van der Waals surface area contributed by atoms with Crippen LogP contribution in [0.2, 0.25) is 0 Å². The lowest BCUT2D eigenvalue weighted by molar-refractivity contribution is -0.148. The number of likely N-dealkylation sites (tertiary alicyclic amines) is 1. The van der Waals surface area contributed by atoms with E-state index in [9.17, 15) is 19.5 Å². The van der Waals surface area contributed by atoms with E-state index in [0.717, 1.165) is 31.2 Å². The Hall–Kier alpha value is -2.57. The molecular weight excluding hydrogens is 408 g/mol. The number of benzene rings is 1. The van der Waals surface area contributed by atoms with Crippen molar-refractivity contribution in [2.75, 3.05) is 13.2 Å². The van der Waals surface area contributed by atoms with Gasteiger partial charge in [0.2, 0.25) is 11.8 Å². The van der Waals surface area contributed by atoms with Crippen LogP contribution in [-0.4, -0.2) is 53.0 Å². The summed E-state index contributed by atoms with van der Waals surface area (Å²) in [5, 5.41) is 12.3. The normalized spacial score (nSPS) is 16.6. The first-order valence-electron chi connectivity index (χ1n) is 12.0. The minimum Gasteiger partial charge on any atom is -0.508 e. The summed E-state index contributed by atoms with van der Waals surface area (Å²) in [4.78, 5) is 39.9. The number of phenolic OH excluding ortho intramolecular Hbond substituents is 1. The molecule has 0 radical (unpaired) electrons. The zero-order chi connectivity index (χ0) is 23.3. The molecule has 2 N–H and O–H groups in total. The van der Waals surface area contributed by atoms with E-state index in [1.54, 1.807) is 36.1 Å². The fourth-order valence-corrected chi connectivity index (χ4v) is 4.11. The van der Waals surface area contributed by atoms with Gasteiger partial charge in [0.15, 0.2) is 0 Å². The van der Waals surface area contributed by atoms with E-state index in [1.165, 1.54) is 19.3 Å². The van der Waals surface area contributed by atoms with Crippen molar-refractivity contribution in [1.29, 1.82) is 0 Å². The molecule has 2 amide bonds. The first-order chi connectivity index (χ1) is 15.5. The Labute approximate surface area is 191 Å². The molecule has 0 unspecified atom stereocenters. The van der Waals surface area contributed by atoms with Crippen LogP contribution in [0.15, 0.2) is 24.3 Å². The average Bonchev–Trinajstić information content (AvgIpc) is 3.27. The fourth-order valence-electron chi connectivity index (χ4n) is 4.11. The van der Waals surface area contributed by atoms with Crippen LogP contribution in [0.25, 0.3) is 0 Å². The van der Waals surface area contributed by atoms with Crippen molar-refractivity contribution in [3.8, 4) is 5.75 Å². The van der Waals surface area contributed by atoms with Gasteiger partial charge >= 0.3 is 5.97 Å². The Bertz CT molecular complexity index is 734. The number of ether oxygens (including phenoxy) is 1. The van der Waals surface area contributed by atoms with Crippen LogP contribution < -0.4 is 5.32 Å². The molecule has 0 spiro atoms. The summed E-state index contributed by atoms with van der Waals surface area (Å²) in [6.45, 7) is 4.69. The van der Waals surface area contributed by atoms with Gasteiger partial charge in [0.1, 0.15) is 17.8 Å². The van der Waals surface area contributed by atoms with Gasteiger partial charge in [-0.2, -0.15) is 0 Å². The van der Waals surface area contributed by atoms with Crippen LogP contribution >= 0.6 is 0 Å². The van der Waals surface area contributed by atoms with Gasteiger partial charge in [-0.1, -0.05) is 51.2 Å². The van der Waals surface area contributed by atoms with Crippen molar-refractivity contribution >= 4 is 17.8 Å². The molecule has 1 fully saturated rings. The van der Waals surface area contributed by atoms with E-state index in [-0.39, 0.29) is 30.6 Å². The number of nitrogens with zero attached hydrogens (tertiary/aromatic N) is 1. The lowest BCUT2D eigenvalue weighted by Crippen LogP contribution is -2.51. The second-order valence-corrected chi connectivity index (χ2v) is 8.45. The zero-order valence-electron chi connectivity index (χ0n) is 19.5. The Balaban J connectivity index is 1.93. The maximum Gasteiger partial charge on any atom is 0.328 e. The molecule has 7 nitrogen and oxygen atoms in total. The van der Waals surface area contributed by atoms with Crippen LogP contribution in [-0.2, 0) is 25.5 Å². The largest absolute Gasteiger partial charge is 0.508 e. The summed E-state index contributed by atoms with van der Waals surface area (Å²) in [5.74, 6) is -0.659. The summed E-state index contributed by atoms with van der Waals surface area (Å²) in [7, 11) is 0. The highest BCUT2D eigenvalue weighted by atomic mass is 16.5. The number of carbonyl (C=O) groups excluding carboxylic acids is 3. The Morgan fingerprint density at radius 3 is 2.47 bits per heavy atom. The predicted molar refractivity (Wildman–Crippen MR) is 123 cm³/mol. The van der Waals surface area contributed by atoms with Crippen molar-refractivity contribution in [2.24, 2.45) is 0 Å². The van der Waals surface area contributed by atoms with Crippen molar-refractivity contribution in [3.63, 3.8) is 0 Å². The molecule has 1 heterocycles. The fraction of sp³-hybridized carbons (Fsp3) is 0.640. The van der Waals surface area contributed by atoms with Gasteiger partial charge < -0.3 is 20.1 Å². The third-order valence-electron chi connectivity index (χ3n) is 5.88. The third-order valence-corrected chi connectivity index (χ3v) is 5.88. The van der Waals surface area contributed by atoms with Crippen LogP contribution in [0.3, 0.4) is 0 Å². The molecular formula is C25H38N2O5. The highest BCUT2D eigenvalue weighted by Gasteiger charge is 2.35. The van der Waals surface area contributed by atoms with E-state index in [1.807, 2.05) is 0 Å². The number of phenols is 1. The lowest BCUT2D eigenvalue weighted by Gasteiger charge is -2.26. The molecule has 1 aliphatic rings. The predicted octanol–water partition coefficient (Wildman–Crippen LogP) is 3.72. The number of rotatable bonds is 13. The SMILES string of the molecule is CCCCCCCCC(=O)N1CCC[C@H]1C(=O)N[C@@H](Cc1ccc(O)cc1)C(=O)OCC. The Morgan fingerprint density at radius 2 is 1.78 bits per heavy atom. The van der Waals surface area contributed by atoms with Gasteiger partial charge in [-0.05, 0) is 43.9 Å². The quantitative estimate of drug-likeness (QED) is 0.356. The number of hydrogen-bond donors (Lipinski definition) is 2. The monoisotopic (exact) mass is 446 g/mol. The van der Waals surface area contributed by atoms with Crippen molar-refractivity contribution < 1.29 is 24.2 Å². The Morgan fingerprint density at radius 1 is 1.09 bits per heavy atom. The number of unbranched alkanes of at least 4 members (excludes halogenated alkanes) is 5. The molecule has 0 aliphatic carbocycles. The molecule has 7 heteroatoms. The van der Waals surface area contributed by atoms with Gasteiger partial charge in [0, 0.05) is 19.4 Å². The van der Waals surface area contributed by atoms with Crippen LogP contribution in [0.1, 0.15) is 77.2 Å². The minimum absolute atomic E-state index is 0.0179. The minimum atomic E-state index is -0.844. The molecule has 178 valence electrons. The van der Waals surface area contributed by atoms with E-state index in [0.29, 0.717) is 19.4 Å². The molecule has 2 rings (SSSR count). The molecule has 1 aromatic rings. The average molecular weight is 447 g/mol. The molecule has 0 saturated carbocycles. The third kappa shape index (κ3) is 8.17. The second kappa shape index (κ2) is 13.8. The first-order valence-corrected chi connectivity index (χ1v) is 12.0. The van der Waals surface area contributed by atoms with Gasteiger partial charge in [0.25, 0.3) is 0 Å². The summed E-state index contributed by atoms with van der Waals surface area (Å²) >= 11 is 0. The Kier molecular flexibility index (Phi) is 11.0. The highest BCUT2D eigenvalue weighted by Crippen LogP contribution is 2.20. The van der Waals surface area contributed by atoms with Crippen molar-refractivity contribution in [3.05, 3.63) is 29.8 Å². The van der Waals surface area contributed by atoms with E-state index in [2.05, 4.69) is 12.2 Å². The van der Waals surface area contributed by atoms with Crippen LogP contribution in [0.5, 0.6) is 5.75 Å². The molecule has 0 bridgehead atoms. The number of hydrogen-bond acceptors (Lipinski definition) is 5. The lowest BCUT2D eigenvalue weighted by atomic mass is 10.0. The number of carbonyl (C=O) groups is 3. The van der Waals surface area contributed by atoms with Gasteiger partial charge in [-0.15, -0.1) is 0 Å². The molecule has 32 heavy (non-hydrogen) atoms. The number of nitrogens with one attached hydrogen (secondary N) is 1. The number of amides is 2. The summed E-state index contributed by atoms with van der Waals surface area (Å²) in [5.41, 5.74) is 0.795. The maximum atomic E-state index is 13.0. The van der Waals surface area contributed by atoms with Gasteiger partial charge in [0.05, 0.1) is 6.61 Å². The van der Waals surface area contributed by atoms with E-state index >= 15 is 0 Å². The van der Waals surface area contributed by atoms with Crippen LogP contribution in [0, 0.1) is 0 Å². The van der Waals surface area contributed by atoms with E-state index < -0.39 is 18.1 Å². The molecule has 2 atom stereocenters. The first kappa shape index (κ1) is 25.7. The summed E-state index contributed by atoms with van der Waals surface area (Å²) in [6, 6.07) is 5.11. The highest BCUT2D eigenvalue weighted by molar-refractivity contribution is 5.91. The molecule has 1 aromatic carbocycles. The van der Waals surface area contributed by atoms with Crippen molar-refractivity contribution in [1.82, 2.24) is 10.2 Å². The van der Waals surface area contributed by atoms with E-state index in [4.69, 9.17) is 4.74 Å². The zero-order valence-corrected chi connectivity index (χ0v) is 19.5. The summed E-state index contributed by atoms with van der Waals surface area (Å²) < 4.78 is 5.15. The van der Waals surface area contributed by atoms with Crippen molar-refractivity contribution in [2.45, 2.75) is 90.1 Å². The number of esters is 1. The van der Waals surface area contributed by atoms with Crippen LogP contribution in [0.4, 0.5) is 0 Å². The van der Waals surface area contributed by atoms with Gasteiger partial charge in [-0.3, -0.25) is 9.59 Å². The molecule has 0 aromatic heterocycles.